The minimum Gasteiger partial charge on any atom is -0.507 e. The number of anilines is 1. The quantitative estimate of drug-likeness (QED) is 0.194. The number of phenols is 1. The number of thiazole rings is 1. The predicted octanol–water partition coefficient (Wildman–Crippen LogP) is 5.61. The van der Waals surface area contributed by atoms with Gasteiger partial charge in [0.15, 0.2) is 16.6 Å². The summed E-state index contributed by atoms with van der Waals surface area (Å²) >= 11 is 7.36. The number of benzene rings is 3. The maximum absolute atomic E-state index is 13.5. The van der Waals surface area contributed by atoms with Gasteiger partial charge in [-0.15, -0.1) is 0 Å². The van der Waals surface area contributed by atoms with E-state index in [1.165, 1.54) is 35.5 Å². The minimum atomic E-state index is -1.02. The van der Waals surface area contributed by atoms with E-state index in [9.17, 15) is 19.8 Å². The number of methoxy groups -OCH3 is 1. The number of halogens is 1. The molecule has 10 heteroatoms. The van der Waals surface area contributed by atoms with E-state index in [1.54, 1.807) is 42.5 Å². The number of Topliss-reactive ketones (excluding diaryl/α,β-unsaturated/α-hetero) is 1. The molecule has 0 spiro atoms. The molecule has 4 aromatic rings. The van der Waals surface area contributed by atoms with Crippen LogP contribution in [0.15, 0.2) is 60.2 Å². The van der Waals surface area contributed by atoms with E-state index >= 15 is 0 Å². The number of aromatic hydroxyl groups is 1. The number of ether oxygens (including phenoxy) is 2. The second kappa shape index (κ2) is 9.04. The molecule has 1 aromatic heterocycles. The van der Waals surface area contributed by atoms with E-state index in [-0.39, 0.29) is 34.1 Å². The molecule has 3 aromatic carbocycles. The standard InChI is InChI=1S/C28H21ClN2O6S/c1-13-9-16-10-15(4-8-20(16)37-13)25(33)23-24(14-3-7-19(32)21(11-14)36-2)31(27(35)26(23)34)28-30-18-6-5-17(29)12-22(18)38-28/h3-8,10-13,24,32-33H,9H2,1-2H3/b25-23+/t13-,24-/m0/s1. The lowest BCUT2D eigenvalue weighted by Gasteiger charge is -2.23. The van der Waals surface area contributed by atoms with Gasteiger partial charge in [0.25, 0.3) is 5.78 Å². The topological polar surface area (TPSA) is 109 Å². The van der Waals surface area contributed by atoms with Crippen molar-refractivity contribution in [3.05, 3.63) is 81.9 Å². The van der Waals surface area contributed by atoms with Crippen LogP contribution in [0, 0.1) is 0 Å². The third-order valence-corrected chi connectivity index (χ3v) is 7.93. The molecule has 0 bridgehead atoms. The average Bonchev–Trinajstić information content (AvgIpc) is 3.56. The highest BCUT2D eigenvalue weighted by molar-refractivity contribution is 7.22. The summed E-state index contributed by atoms with van der Waals surface area (Å²) in [6.45, 7) is 1.95. The first-order valence-corrected chi connectivity index (χ1v) is 13.0. The molecule has 0 radical (unpaired) electrons. The minimum absolute atomic E-state index is 0.00461. The zero-order valence-electron chi connectivity index (χ0n) is 20.3. The van der Waals surface area contributed by atoms with Crippen LogP contribution in [0.3, 0.4) is 0 Å². The fourth-order valence-corrected chi connectivity index (χ4v) is 6.19. The highest BCUT2D eigenvalue weighted by Gasteiger charge is 2.48. The van der Waals surface area contributed by atoms with Gasteiger partial charge in [-0.05, 0) is 66.6 Å². The van der Waals surface area contributed by atoms with Crippen molar-refractivity contribution in [3.8, 4) is 17.2 Å². The third kappa shape index (κ3) is 3.86. The van der Waals surface area contributed by atoms with Crippen molar-refractivity contribution in [2.24, 2.45) is 0 Å². The van der Waals surface area contributed by atoms with Crippen LogP contribution < -0.4 is 14.4 Å². The number of amides is 1. The number of aliphatic hydroxyl groups is 1. The van der Waals surface area contributed by atoms with Gasteiger partial charge in [-0.3, -0.25) is 14.5 Å². The molecule has 192 valence electrons. The number of phenolic OH excluding ortho intramolecular Hbond substituents is 1. The Bertz CT molecular complexity index is 1680. The van der Waals surface area contributed by atoms with Crippen molar-refractivity contribution < 1.29 is 29.3 Å². The second-order valence-electron chi connectivity index (χ2n) is 9.16. The van der Waals surface area contributed by atoms with Crippen molar-refractivity contribution >= 4 is 55.7 Å². The lowest BCUT2D eigenvalue weighted by molar-refractivity contribution is -0.132. The van der Waals surface area contributed by atoms with Gasteiger partial charge in [0.1, 0.15) is 17.6 Å². The van der Waals surface area contributed by atoms with Gasteiger partial charge >= 0.3 is 5.91 Å². The molecule has 2 aliphatic heterocycles. The molecule has 2 aliphatic rings. The zero-order valence-corrected chi connectivity index (χ0v) is 21.8. The van der Waals surface area contributed by atoms with Gasteiger partial charge in [-0.25, -0.2) is 4.98 Å². The van der Waals surface area contributed by atoms with Crippen molar-refractivity contribution in [2.45, 2.75) is 25.5 Å². The highest BCUT2D eigenvalue weighted by Crippen LogP contribution is 2.46. The molecule has 0 unspecified atom stereocenters. The lowest BCUT2D eigenvalue weighted by atomic mass is 9.94. The first-order chi connectivity index (χ1) is 18.2. The Morgan fingerprint density at radius 2 is 1.97 bits per heavy atom. The molecule has 38 heavy (non-hydrogen) atoms. The SMILES string of the molecule is COc1cc([C@H]2/C(=C(\O)c3ccc4c(c3)C[C@H](C)O4)C(=O)C(=O)N2c2nc3ccc(Cl)cc3s2)ccc1O. The van der Waals surface area contributed by atoms with Crippen LogP contribution in [-0.4, -0.2) is 40.1 Å². The van der Waals surface area contributed by atoms with Crippen molar-refractivity contribution in [1.29, 1.82) is 0 Å². The number of hydrogen-bond donors (Lipinski definition) is 2. The summed E-state index contributed by atoms with van der Waals surface area (Å²) in [6.07, 6.45) is 0.669. The maximum Gasteiger partial charge on any atom is 0.301 e. The number of ketones is 1. The Morgan fingerprint density at radius 1 is 1.16 bits per heavy atom. The molecule has 0 saturated carbocycles. The fourth-order valence-electron chi connectivity index (χ4n) is 4.92. The van der Waals surface area contributed by atoms with Gasteiger partial charge < -0.3 is 19.7 Å². The normalized spacial score (nSPS) is 20.1. The van der Waals surface area contributed by atoms with Crippen LogP contribution >= 0.6 is 22.9 Å². The zero-order chi connectivity index (χ0) is 26.7. The largest absolute Gasteiger partial charge is 0.507 e. The summed E-state index contributed by atoms with van der Waals surface area (Å²) in [4.78, 5) is 32.9. The fraction of sp³-hybridized carbons (Fsp3) is 0.179. The molecule has 1 fully saturated rings. The van der Waals surface area contributed by atoms with E-state index in [2.05, 4.69) is 4.98 Å². The monoisotopic (exact) mass is 548 g/mol. The number of rotatable bonds is 4. The Kier molecular flexibility index (Phi) is 5.77. The van der Waals surface area contributed by atoms with Gasteiger partial charge in [0.2, 0.25) is 0 Å². The van der Waals surface area contributed by atoms with Gasteiger partial charge in [0.05, 0.1) is 28.9 Å². The third-order valence-electron chi connectivity index (χ3n) is 6.68. The first-order valence-electron chi connectivity index (χ1n) is 11.8. The molecule has 3 heterocycles. The molecular weight excluding hydrogens is 528 g/mol. The summed E-state index contributed by atoms with van der Waals surface area (Å²) in [7, 11) is 1.40. The molecule has 6 rings (SSSR count). The average molecular weight is 549 g/mol. The summed E-state index contributed by atoms with van der Waals surface area (Å²) in [5.41, 5.74) is 2.28. The number of fused-ring (bicyclic) bond motifs is 2. The van der Waals surface area contributed by atoms with Crippen LogP contribution in [0.2, 0.25) is 5.02 Å². The van der Waals surface area contributed by atoms with Gasteiger partial charge in [-0.2, -0.15) is 0 Å². The lowest BCUT2D eigenvalue weighted by Crippen LogP contribution is -2.29. The van der Waals surface area contributed by atoms with Crippen LogP contribution in [-0.2, 0) is 16.0 Å². The van der Waals surface area contributed by atoms with Gasteiger partial charge in [-0.1, -0.05) is 29.0 Å². The van der Waals surface area contributed by atoms with Crippen molar-refractivity contribution in [3.63, 3.8) is 0 Å². The smallest absolute Gasteiger partial charge is 0.301 e. The Hall–Kier alpha value is -4.08. The number of aromatic nitrogens is 1. The van der Waals surface area contributed by atoms with E-state index < -0.39 is 17.7 Å². The molecule has 2 atom stereocenters. The molecular formula is C28H21ClN2O6S. The molecule has 2 N–H and O–H groups in total. The predicted molar refractivity (Wildman–Crippen MR) is 144 cm³/mol. The van der Waals surface area contributed by atoms with Crippen LogP contribution in [0.5, 0.6) is 17.2 Å². The van der Waals surface area contributed by atoms with Crippen LogP contribution in [0.25, 0.3) is 16.0 Å². The summed E-state index contributed by atoms with van der Waals surface area (Å²) < 4.78 is 11.8. The molecule has 1 saturated heterocycles. The Balaban J connectivity index is 1.55. The van der Waals surface area contributed by atoms with Crippen molar-refractivity contribution in [2.75, 3.05) is 12.0 Å². The maximum atomic E-state index is 13.5. The van der Waals surface area contributed by atoms with Gasteiger partial charge in [0, 0.05) is 17.0 Å². The van der Waals surface area contributed by atoms with E-state index in [1.807, 2.05) is 6.92 Å². The highest BCUT2D eigenvalue weighted by atomic mass is 35.5. The molecule has 0 aliphatic carbocycles. The molecule has 1 amide bonds. The first kappa shape index (κ1) is 24.3. The Labute approximate surface area is 226 Å². The van der Waals surface area contributed by atoms with E-state index in [4.69, 9.17) is 21.1 Å². The van der Waals surface area contributed by atoms with E-state index in [0.29, 0.717) is 28.1 Å². The number of aliphatic hydroxyl groups excluding tert-OH is 1. The van der Waals surface area contributed by atoms with Crippen molar-refractivity contribution in [1.82, 2.24) is 4.98 Å². The van der Waals surface area contributed by atoms with Crippen LogP contribution in [0.4, 0.5) is 5.13 Å². The Morgan fingerprint density at radius 3 is 2.76 bits per heavy atom. The van der Waals surface area contributed by atoms with E-state index in [0.717, 1.165) is 16.0 Å². The summed E-state index contributed by atoms with van der Waals surface area (Å²) in [5, 5.41) is 22.5. The number of hydrogen-bond acceptors (Lipinski definition) is 8. The summed E-state index contributed by atoms with van der Waals surface area (Å²) in [6, 6.07) is 13.9. The number of carbonyl (C=O) groups is 2. The molecule has 8 nitrogen and oxygen atoms in total. The second-order valence-corrected chi connectivity index (χ2v) is 10.6. The number of carbonyl (C=O) groups excluding carboxylic acids is 2. The van der Waals surface area contributed by atoms with Crippen LogP contribution in [0.1, 0.15) is 29.7 Å². The number of nitrogens with zero attached hydrogens (tertiary/aromatic N) is 2. The summed E-state index contributed by atoms with van der Waals surface area (Å²) in [5.74, 6) is -1.20.